The van der Waals surface area contributed by atoms with Crippen molar-refractivity contribution >= 4 is 17.8 Å². The highest BCUT2D eigenvalue weighted by atomic mass is 16.4. The molecule has 3 N–H and O–H groups in total. The Morgan fingerprint density at radius 1 is 1.05 bits per heavy atom. The van der Waals surface area contributed by atoms with Gasteiger partial charge >= 0.3 is 5.97 Å². The van der Waals surface area contributed by atoms with Crippen LogP contribution in [0.1, 0.15) is 17.5 Å². The number of amides is 2. The van der Waals surface area contributed by atoms with Crippen LogP contribution >= 0.6 is 0 Å². The molecule has 1 aromatic carbocycles. The van der Waals surface area contributed by atoms with Crippen molar-refractivity contribution in [3.05, 3.63) is 35.4 Å². The summed E-state index contributed by atoms with van der Waals surface area (Å²) in [4.78, 5) is 33.0. The van der Waals surface area contributed by atoms with Gasteiger partial charge in [-0.3, -0.25) is 14.4 Å². The van der Waals surface area contributed by atoms with E-state index in [0.29, 0.717) is 6.42 Å². The van der Waals surface area contributed by atoms with Gasteiger partial charge in [0.2, 0.25) is 11.8 Å². The van der Waals surface area contributed by atoms with Crippen molar-refractivity contribution in [3.63, 3.8) is 0 Å². The first kappa shape index (κ1) is 15.7. The Bertz CT molecular complexity index is 500. The van der Waals surface area contributed by atoms with Crippen LogP contribution in [0, 0.1) is 6.92 Å². The van der Waals surface area contributed by atoms with E-state index in [0.717, 1.165) is 11.1 Å². The first-order chi connectivity index (χ1) is 9.49. The van der Waals surface area contributed by atoms with Crippen molar-refractivity contribution in [3.8, 4) is 0 Å². The topological polar surface area (TPSA) is 95.5 Å². The number of hydrogen-bond donors (Lipinski definition) is 3. The molecule has 0 aromatic heterocycles. The summed E-state index contributed by atoms with van der Waals surface area (Å²) in [6, 6.07) is 7.79. The Hall–Kier alpha value is -2.37. The average molecular weight is 278 g/mol. The van der Waals surface area contributed by atoms with Gasteiger partial charge in [-0.1, -0.05) is 24.3 Å². The SMILES string of the molecule is Cc1ccccc1CCC(=O)NCC(=O)NCC(=O)O. The van der Waals surface area contributed by atoms with Crippen molar-refractivity contribution in [2.24, 2.45) is 0 Å². The molecular weight excluding hydrogens is 260 g/mol. The third-order valence-electron chi connectivity index (χ3n) is 2.77. The molecule has 0 radical (unpaired) electrons. The van der Waals surface area contributed by atoms with Crippen molar-refractivity contribution in [2.45, 2.75) is 19.8 Å². The Kier molecular flexibility index (Phi) is 6.22. The number of aryl methyl sites for hydroxylation is 2. The van der Waals surface area contributed by atoms with Crippen molar-refractivity contribution in [2.75, 3.05) is 13.1 Å². The third-order valence-corrected chi connectivity index (χ3v) is 2.77. The predicted octanol–water partition coefficient (Wildman–Crippen LogP) is 0.245. The van der Waals surface area contributed by atoms with E-state index in [1.165, 1.54) is 0 Å². The second kappa shape index (κ2) is 7.93. The van der Waals surface area contributed by atoms with Gasteiger partial charge < -0.3 is 15.7 Å². The lowest BCUT2D eigenvalue weighted by atomic mass is 10.0. The monoisotopic (exact) mass is 278 g/mol. The molecule has 0 spiro atoms. The Morgan fingerprint density at radius 3 is 2.35 bits per heavy atom. The summed E-state index contributed by atoms with van der Waals surface area (Å²) < 4.78 is 0. The third kappa shape index (κ3) is 5.99. The summed E-state index contributed by atoms with van der Waals surface area (Å²) in [5.41, 5.74) is 2.22. The molecule has 1 aromatic rings. The van der Waals surface area contributed by atoms with E-state index in [2.05, 4.69) is 10.6 Å². The van der Waals surface area contributed by atoms with Crippen LogP contribution in [0.3, 0.4) is 0 Å². The summed E-state index contributed by atoms with van der Waals surface area (Å²) in [7, 11) is 0. The zero-order chi connectivity index (χ0) is 15.0. The molecule has 6 nitrogen and oxygen atoms in total. The van der Waals surface area contributed by atoms with Crippen molar-refractivity contribution in [1.82, 2.24) is 10.6 Å². The van der Waals surface area contributed by atoms with Crippen LogP contribution in [0.15, 0.2) is 24.3 Å². The average Bonchev–Trinajstić information content (AvgIpc) is 2.42. The second-order valence-electron chi connectivity index (χ2n) is 4.37. The lowest BCUT2D eigenvalue weighted by Gasteiger charge is -2.07. The fourth-order valence-corrected chi connectivity index (χ4v) is 1.64. The summed E-state index contributed by atoms with van der Waals surface area (Å²) in [6.07, 6.45) is 0.895. The van der Waals surface area contributed by atoms with Gasteiger partial charge in [0, 0.05) is 6.42 Å². The highest BCUT2D eigenvalue weighted by molar-refractivity contribution is 5.86. The molecule has 0 fully saturated rings. The minimum atomic E-state index is -1.12. The molecule has 0 bridgehead atoms. The number of carboxylic acid groups (broad SMARTS) is 1. The molecule has 0 aliphatic carbocycles. The van der Waals surface area contributed by atoms with Gasteiger partial charge in [0.15, 0.2) is 0 Å². The van der Waals surface area contributed by atoms with Gasteiger partial charge in [-0.25, -0.2) is 0 Å². The van der Waals surface area contributed by atoms with Gasteiger partial charge in [-0.05, 0) is 24.5 Å². The minimum absolute atomic E-state index is 0.208. The summed E-state index contributed by atoms with van der Waals surface area (Å²) in [6.45, 7) is 1.32. The van der Waals surface area contributed by atoms with Crippen LogP contribution in [0.25, 0.3) is 0 Å². The fraction of sp³-hybridized carbons (Fsp3) is 0.357. The first-order valence-corrected chi connectivity index (χ1v) is 6.28. The van der Waals surface area contributed by atoms with Crippen LogP contribution in [0.4, 0.5) is 0 Å². The molecule has 108 valence electrons. The van der Waals surface area contributed by atoms with E-state index < -0.39 is 18.4 Å². The normalized spacial score (nSPS) is 9.85. The number of carbonyl (C=O) groups excluding carboxylic acids is 2. The summed E-state index contributed by atoms with van der Waals surface area (Å²) in [5.74, 6) is -1.88. The lowest BCUT2D eigenvalue weighted by molar-refractivity contribution is -0.137. The van der Waals surface area contributed by atoms with Crippen LogP contribution in [-0.2, 0) is 20.8 Å². The number of carboxylic acids is 1. The molecule has 0 aliphatic rings. The van der Waals surface area contributed by atoms with E-state index in [1.54, 1.807) is 0 Å². The zero-order valence-corrected chi connectivity index (χ0v) is 11.3. The minimum Gasteiger partial charge on any atom is -0.480 e. The van der Waals surface area contributed by atoms with Crippen LogP contribution in [0.5, 0.6) is 0 Å². The maximum Gasteiger partial charge on any atom is 0.322 e. The van der Waals surface area contributed by atoms with Gasteiger partial charge in [0.25, 0.3) is 0 Å². The fourth-order valence-electron chi connectivity index (χ4n) is 1.64. The largest absolute Gasteiger partial charge is 0.480 e. The smallest absolute Gasteiger partial charge is 0.322 e. The standard InChI is InChI=1S/C14H18N2O4/c1-10-4-2-3-5-11(10)6-7-12(17)15-8-13(18)16-9-14(19)20/h2-5H,6-9H2,1H3,(H,15,17)(H,16,18)(H,19,20). The molecule has 20 heavy (non-hydrogen) atoms. The van der Waals surface area contributed by atoms with E-state index in [4.69, 9.17) is 5.11 Å². The maximum atomic E-state index is 11.6. The zero-order valence-electron chi connectivity index (χ0n) is 11.3. The van der Waals surface area contributed by atoms with E-state index in [-0.39, 0.29) is 18.9 Å². The summed E-state index contributed by atoms with van der Waals surface area (Å²) >= 11 is 0. The molecule has 1 rings (SSSR count). The molecule has 2 amide bonds. The molecule has 0 aliphatic heterocycles. The quantitative estimate of drug-likeness (QED) is 0.666. The molecule has 0 saturated heterocycles. The van der Waals surface area contributed by atoms with E-state index in [1.807, 2.05) is 31.2 Å². The van der Waals surface area contributed by atoms with Crippen LogP contribution in [0.2, 0.25) is 0 Å². The summed E-state index contributed by atoms with van der Waals surface area (Å²) in [5, 5.41) is 13.0. The van der Waals surface area contributed by atoms with E-state index >= 15 is 0 Å². The highest BCUT2D eigenvalue weighted by Crippen LogP contribution is 2.09. The molecule has 0 atom stereocenters. The Balaban J connectivity index is 2.25. The van der Waals surface area contributed by atoms with Crippen LogP contribution < -0.4 is 10.6 Å². The van der Waals surface area contributed by atoms with Crippen molar-refractivity contribution < 1.29 is 19.5 Å². The van der Waals surface area contributed by atoms with Gasteiger partial charge in [0.05, 0.1) is 6.54 Å². The molecule has 0 unspecified atom stereocenters. The van der Waals surface area contributed by atoms with Crippen molar-refractivity contribution in [1.29, 1.82) is 0 Å². The number of hydrogen-bond acceptors (Lipinski definition) is 3. The molecule has 0 saturated carbocycles. The first-order valence-electron chi connectivity index (χ1n) is 6.28. The second-order valence-corrected chi connectivity index (χ2v) is 4.37. The van der Waals surface area contributed by atoms with Gasteiger partial charge in [-0.15, -0.1) is 0 Å². The molecule has 0 heterocycles. The van der Waals surface area contributed by atoms with Gasteiger partial charge in [0.1, 0.15) is 6.54 Å². The maximum absolute atomic E-state index is 11.6. The predicted molar refractivity (Wildman–Crippen MR) is 73.2 cm³/mol. The Labute approximate surface area is 117 Å². The Morgan fingerprint density at radius 2 is 1.70 bits per heavy atom. The molecular formula is C14H18N2O4. The number of aliphatic carboxylic acids is 1. The number of rotatable bonds is 7. The van der Waals surface area contributed by atoms with Gasteiger partial charge in [-0.2, -0.15) is 0 Å². The van der Waals surface area contributed by atoms with Crippen LogP contribution in [-0.4, -0.2) is 36.0 Å². The lowest BCUT2D eigenvalue weighted by Crippen LogP contribution is -2.39. The number of nitrogens with one attached hydrogen (secondary N) is 2. The molecule has 6 heteroatoms. The number of carbonyl (C=O) groups is 3. The van der Waals surface area contributed by atoms with E-state index in [9.17, 15) is 14.4 Å². The number of benzene rings is 1. The highest BCUT2D eigenvalue weighted by Gasteiger charge is 2.07.